The highest BCUT2D eigenvalue weighted by Gasteiger charge is 2.18. The van der Waals surface area contributed by atoms with Crippen LogP contribution in [-0.2, 0) is 19.4 Å². The lowest BCUT2D eigenvalue weighted by Crippen LogP contribution is -2.13. The number of nitriles is 1. The average Bonchev–Trinajstić information content (AvgIpc) is 3.42. The van der Waals surface area contributed by atoms with E-state index in [-0.39, 0.29) is 23.1 Å². The highest BCUT2D eigenvalue weighted by Crippen LogP contribution is 2.24. The van der Waals surface area contributed by atoms with Crippen molar-refractivity contribution in [3.8, 4) is 17.4 Å². The van der Waals surface area contributed by atoms with Gasteiger partial charge in [0.1, 0.15) is 23.2 Å². The van der Waals surface area contributed by atoms with Crippen LogP contribution in [0.3, 0.4) is 0 Å². The van der Waals surface area contributed by atoms with Crippen molar-refractivity contribution < 1.29 is 27.2 Å². The number of carbonyl (C=O) groups is 2. The van der Waals surface area contributed by atoms with Gasteiger partial charge in [0.2, 0.25) is 15.0 Å². The van der Waals surface area contributed by atoms with Gasteiger partial charge in [-0.25, -0.2) is 13.2 Å². The monoisotopic (exact) mass is 472 g/mol. The molecule has 0 radical (unpaired) electrons. The summed E-state index contributed by atoms with van der Waals surface area (Å²) >= 11 is 0.681. The molecule has 32 heavy (non-hydrogen) atoms. The summed E-state index contributed by atoms with van der Waals surface area (Å²) in [6.45, 7) is 2.00. The molecule has 0 saturated heterocycles. The van der Waals surface area contributed by atoms with E-state index in [1.54, 1.807) is 49.4 Å². The summed E-state index contributed by atoms with van der Waals surface area (Å²) in [6, 6.07) is 11.6. The number of aromatic nitrogens is 2. The van der Waals surface area contributed by atoms with Gasteiger partial charge in [-0.05, 0) is 31.2 Å². The number of sulfone groups is 1. The van der Waals surface area contributed by atoms with Crippen LogP contribution in [0.2, 0.25) is 0 Å². The van der Waals surface area contributed by atoms with Crippen LogP contribution >= 0.6 is 11.5 Å². The largest absolute Gasteiger partial charge is 0.462 e. The summed E-state index contributed by atoms with van der Waals surface area (Å²) < 4.78 is 37.1. The van der Waals surface area contributed by atoms with E-state index in [2.05, 4.69) is 14.7 Å². The zero-order valence-corrected chi connectivity index (χ0v) is 18.5. The lowest BCUT2D eigenvalue weighted by Gasteiger charge is -2.02. The predicted octanol–water partition coefficient (Wildman–Crippen LogP) is 2.92. The molecule has 0 saturated carbocycles. The standard InChI is InChI=1S/C20H16N4O6S2/c1-3-29-18(26)13-6-4-12(5-7-13)16-9-8-15(30-16)10-14(11-21)17(25)22-19-23-20(24-31-19)32(2,27)28/h4-10H,3H2,1-2H3,(H,22,23,24,25). The second kappa shape index (κ2) is 9.54. The summed E-state index contributed by atoms with van der Waals surface area (Å²) in [4.78, 5) is 27.8. The summed E-state index contributed by atoms with van der Waals surface area (Å²) in [5.74, 6) is -0.507. The minimum Gasteiger partial charge on any atom is -0.462 e. The Labute approximate surface area is 187 Å². The Morgan fingerprint density at radius 1 is 1.25 bits per heavy atom. The van der Waals surface area contributed by atoms with Crippen molar-refractivity contribution in [3.63, 3.8) is 0 Å². The van der Waals surface area contributed by atoms with Crippen molar-refractivity contribution in [3.05, 3.63) is 53.3 Å². The van der Waals surface area contributed by atoms with Gasteiger partial charge in [0.05, 0.1) is 12.2 Å². The number of esters is 1. The molecule has 2 aromatic heterocycles. The smallest absolute Gasteiger partial charge is 0.338 e. The summed E-state index contributed by atoms with van der Waals surface area (Å²) in [7, 11) is -3.61. The number of benzene rings is 1. The van der Waals surface area contributed by atoms with E-state index >= 15 is 0 Å². The number of anilines is 1. The van der Waals surface area contributed by atoms with E-state index in [4.69, 9.17) is 9.15 Å². The summed E-state index contributed by atoms with van der Waals surface area (Å²) in [6.07, 6.45) is 2.18. The van der Waals surface area contributed by atoms with E-state index in [0.717, 1.165) is 6.26 Å². The van der Waals surface area contributed by atoms with Crippen molar-refractivity contribution in [1.29, 1.82) is 5.26 Å². The van der Waals surface area contributed by atoms with Crippen LogP contribution in [0.15, 0.2) is 51.5 Å². The van der Waals surface area contributed by atoms with Crippen LogP contribution < -0.4 is 5.32 Å². The third-order valence-corrected chi connectivity index (χ3v) is 5.51. The molecule has 1 amide bonds. The Morgan fingerprint density at radius 2 is 1.97 bits per heavy atom. The van der Waals surface area contributed by atoms with Crippen LogP contribution in [0.1, 0.15) is 23.0 Å². The highest BCUT2D eigenvalue weighted by atomic mass is 32.2. The van der Waals surface area contributed by atoms with Crippen molar-refractivity contribution in [2.45, 2.75) is 12.1 Å². The zero-order valence-electron chi connectivity index (χ0n) is 16.9. The lowest BCUT2D eigenvalue weighted by atomic mass is 10.1. The number of hydrogen-bond donors (Lipinski definition) is 1. The molecule has 164 valence electrons. The van der Waals surface area contributed by atoms with Crippen molar-refractivity contribution in [2.24, 2.45) is 0 Å². The fourth-order valence-electron chi connectivity index (χ4n) is 2.44. The summed E-state index contributed by atoms with van der Waals surface area (Å²) in [5.41, 5.74) is 0.809. The van der Waals surface area contributed by atoms with E-state index in [1.807, 2.05) is 0 Å². The Kier molecular flexibility index (Phi) is 6.82. The second-order valence-electron chi connectivity index (χ2n) is 6.28. The second-order valence-corrected chi connectivity index (χ2v) is 8.94. The highest BCUT2D eigenvalue weighted by molar-refractivity contribution is 7.90. The maximum absolute atomic E-state index is 12.3. The Balaban J connectivity index is 1.75. The first-order valence-electron chi connectivity index (χ1n) is 9.05. The van der Waals surface area contributed by atoms with Gasteiger partial charge in [-0.2, -0.15) is 14.6 Å². The molecule has 0 bridgehead atoms. The average molecular weight is 473 g/mol. The predicted molar refractivity (Wildman–Crippen MR) is 115 cm³/mol. The quantitative estimate of drug-likeness (QED) is 0.311. The van der Waals surface area contributed by atoms with E-state index in [0.29, 0.717) is 28.4 Å². The molecule has 0 aliphatic heterocycles. The van der Waals surface area contributed by atoms with E-state index in [9.17, 15) is 23.3 Å². The van der Waals surface area contributed by atoms with Crippen molar-refractivity contribution in [1.82, 2.24) is 9.36 Å². The van der Waals surface area contributed by atoms with Gasteiger partial charge in [0, 0.05) is 29.4 Å². The van der Waals surface area contributed by atoms with Crippen LogP contribution in [-0.4, -0.2) is 42.5 Å². The molecule has 0 spiro atoms. The molecule has 1 aromatic carbocycles. The summed E-state index contributed by atoms with van der Waals surface area (Å²) in [5, 5.41) is 11.2. The number of nitrogens with zero attached hydrogens (tertiary/aromatic N) is 3. The van der Waals surface area contributed by atoms with Crippen LogP contribution in [0, 0.1) is 11.3 Å². The van der Waals surface area contributed by atoms with Gasteiger partial charge in [-0.15, -0.1) is 0 Å². The molecule has 1 N–H and O–H groups in total. The Morgan fingerprint density at radius 3 is 2.56 bits per heavy atom. The fourth-order valence-corrected chi connectivity index (χ4v) is 3.88. The van der Waals surface area contributed by atoms with Gasteiger partial charge in [0.15, 0.2) is 0 Å². The molecule has 0 fully saturated rings. The van der Waals surface area contributed by atoms with Gasteiger partial charge in [0.25, 0.3) is 11.1 Å². The molecule has 0 unspecified atom stereocenters. The number of hydrogen-bond acceptors (Lipinski definition) is 10. The van der Waals surface area contributed by atoms with Gasteiger partial charge in [-0.1, -0.05) is 12.1 Å². The number of furan rings is 1. The van der Waals surface area contributed by atoms with Gasteiger partial charge in [-0.3, -0.25) is 10.1 Å². The maximum Gasteiger partial charge on any atom is 0.338 e. The zero-order chi connectivity index (χ0) is 23.3. The molecule has 10 nitrogen and oxygen atoms in total. The first-order chi connectivity index (χ1) is 15.2. The molecule has 2 heterocycles. The minimum atomic E-state index is -3.61. The third-order valence-electron chi connectivity index (χ3n) is 3.92. The van der Waals surface area contributed by atoms with Gasteiger partial charge >= 0.3 is 5.97 Å². The van der Waals surface area contributed by atoms with Crippen molar-refractivity contribution in [2.75, 3.05) is 18.2 Å². The molecule has 3 rings (SSSR count). The van der Waals surface area contributed by atoms with Crippen LogP contribution in [0.5, 0.6) is 0 Å². The Bertz CT molecular complexity index is 1330. The first-order valence-corrected chi connectivity index (χ1v) is 11.7. The number of amides is 1. The molecule has 12 heteroatoms. The first kappa shape index (κ1) is 22.9. The molecular weight excluding hydrogens is 456 g/mol. The lowest BCUT2D eigenvalue weighted by molar-refractivity contribution is -0.112. The number of carbonyl (C=O) groups excluding carboxylic acids is 2. The Hall–Kier alpha value is -3.82. The van der Waals surface area contributed by atoms with E-state index < -0.39 is 26.9 Å². The SMILES string of the molecule is CCOC(=O)c1ccc(-c2ccc(C=C(C#N)C(=O)Nc3nc(S(C)(=O)=O)ns3)o2)cc1. The van der Waals surface area contributed by atoms with E-state index in [1.165, 1.54) is 6.08 Å². The maximum atomic E-state index is 12.3. The molecule has 0 aliphatic rings. The molecule has 3 aromatic rings. The third kappa shape index (κ3) is 5.45. The minimum absolute atomic E-state index is 0.0570. The number of rotatable bonds is 7. The van der Waals surface area contributed by atoms with Crippen molar-refractivity contribution >= 4 is 44.5 Å². The fraction of sp³-hybridized carbons (Fsp3) is 0.150. The number of ether oxygens (including phenoxy) is 1. The molecule has 0 aliphatic carbocycles. The normalized spacial score (nSPS) is 11.6. The van der Waals surface area contributed by atoms with Gasteiger partial charge < -0.3 is 9.15 Å². The topological polar surface area (TPSA) is 152 Å². The van der Waals surface area contributed by atoms with Crippen LogP contribution in [0.25, 0.3) is 17.4 Å². The number of nitrogens with one attached hydrogen (secondary N) is 1. The van der Waals surface area contributed by atoms with Crippen LogP contribution in [0.4, 0.5) is 5.13 Å². The molecular formula is C20H16N4O6S2. The molecule has 0 atom stereocenters.